The van der Waals surface area contributed by atoms with Crippen molar-refractivity contribution in [2.45, 2.75) is 69.6 Å². The minimum absolute atomic E-state index is 0.00596. The minimum atomic E-state index is -0.926. The molecule has 246 valence electrons. The van der Waals surface area contributed by atoms with Gasteiger partial charge in [-0.15, -0.1) is 11.3 Å². The summed E-state index contributed by atoms with van der Waals surface area (Å²) in [6.07, 6.45) is 5.36. The van der Waals surface area contributed by atoms with E-state index in [9.17, 15) is 14.0 Å². The smallest absolute Gasteiger partial charge is 0.319 e. The Kier molecular flexibility index (Phi) is 7.57. The van der Waals surface area contributed by atoms with Crippen molar-refractivity contribution in [1.82, 2.24) is 14.9 Å². The average molecular weight is 683 g/mol. The number of hydrogen-bond donors (Lipinski definition) is 1. The van der Waals surface area contributed by atoms with Crippen molar-refractivity contribution in [1.29, 1.82) is 5.26 Å². The molecule has 8 rings (SSSR count). The lowest BCUT2D eigenvalue weighted by Gasteiger charge is -2.31. The highest BCUT2D eigenvalue weighted by molar-refractivity contribution is 7.23. The van der Waals surface area contributed by atoms with E-state index in [2.05, 4.69) is 21.7 Å². The lowest BCUT2D eigenvalue weighted by molar-refractivity contribution is 0.107. The van der Waals surface area contributed by atoms with Crippen LogP contribution in [-0.2, 0) is 0 Å². The van der Waals surface area contributed by atoms with E-state index in [0.717, 1.165) is 63.0 Å². The molecule has 0 saturated carbocycles. The Balaban J connectivity index is 1.32. The number of rotatable bonds is 7. The highest BCUT2D eigenvalue weighted by Gasteiger charge is 2.49. The molecule has 3 fully saturated rings. The summed E-state index contributed by atoms with van der Waals surface area (Å²) in [7, 11) is 0. The molecule has 13 heteroatoms. The predicted molar refractivity (Wildman–Crippen MR) is 177 cm³/mol. The summed E-state index contributed by atoms with van der Waals surface area (Å²) in [5.41, 5.74) is 5.80. The Morgan fingerprint density at radius 3 is 2.91 bits per heavy atom. The van der Waals surface area contributed by atoms with Gasteiger partial charge in [0.15, 0.2) is 11.6 Å². The normalized spacial score (nSPS) is 25.2. The highest BCUT2D eigenvalue weighted by Crippen LogP contribution is 2.52. The van der Waals surface area contributed by atoms with Gasteiger partial charge >= 0.3 is 6.01 Å². The van der Waals surface area contributed by atoms with Crippen LogP contribution in [0.4, 0.5) is 24.0 Å². The van der Waals surface area contributed by atoms with Gasteiger partial charge in [0.2, 0.25) is 0 Å². The number of nitrogens with two attached hydrogens (primary N) is 1. The quantitative estimate of drug-likeness (QED) is 0.212. The molecule has 2 N–H and O–H groups in total. The number of fused-ring (bicyclic) bond motifs is 4. The number of thiophene rings is 1. The third-order valence-electron chi connectivity index (χ3n) is 10.5. The van der Waals surface area contributed by atoms with Crippen LogP contribution >= 0.6 is 22.9 Å². The second-order valence-electron chi connectivity index (χ2n) is 13.4. The van der Waals surface area contributed by atoms with E-state index in [4.69, 9.17) is 31.8 Å². The molecule has 4 atom stereocenters. The van der Waals surface area contributed by atoms with Crippen LogP contribution in [-0.4, -0.2) is 65.5 Å². The van der Waals surface area contributed by atoms with Gasteiger partial charge in [0, 0.05) is 30.5 Å². The molecule has 8 nitrogen and oxygen atoms in total. The maximum absolute atomic E-state index is 17.1. The molecule has 4 aromatic rings. The van der Waals surface area contributed by atoms with Crippen LogP contribution in [0.3, 0.4) is 0 Å². The first-order valence-electron chi connectivity index (χ1n) is 16.3. The van der Waals surface area contributed by atoms with Crippen LogP contribution in [0.25, 0.3) is 32.1 Å². The minimum Gasteiger partial charge on any atom is -0.489 e. The number of unbranched alkanes of at least 4 members (excludes halogenated alkanes) is 1. The summed E-state index contributed by atoms with van der Waals surface area (Å²) in [6, 6.07) is 4.64. The molecule has 6 heterocycles. The van der Waals surface area contributed by atoms with Crippen molar-refractivity contribution in [3.05, 3.63) is 34.4 Å². The van der Waals surface area contributed by atoms with Crippen LogP contribution in [0.15, 0.2) is 12.1 Å². The average Bonchev–Trinajstić information content (AvgIpc) is 3.78. The molecule has 3 saturated heterocycles. The van der Waals surface area contributed by atoms with E-state index < -0.39 is 23.3 Å². The summed E-state index contributed by atoms with van der Waals surface area (Å²) in [4.78, 5) is 13.8. The molecule has 2 aromatic heterocycles. The van der Waals surface area contributed by atoms with E-state index >= 15 is 4.39 Å². The van der Waals surface area contributed by atoms with E-state index in [0.29, 0.717) is 36.7 Å². The molecular weight excluding hydrogens is 649 g/mol. The zero-order valence-electron chi connectivity index (χ0n) is 25.9. The topological polar surface area (TPSA) is 101 Å². The number of halogens is 4. The van der Waals surface area contributed by atoms with Gasteiger partial charge in [-0.3, -0.25) is 4.90 Å². The lowest BCUT2D eigenvalue weighted by atomic mass is 9.95. The molecule has 0 bridgehead atoms. The molecule has 0 aliphatic carbocycles. The number of ether oxygens (including phenoxy) is 2. The Labute approximate surface area is 279 Å². The summed E-state index contributed by atoms with van der Waals surface area (Å²) >= 11 is 7.97. The first-order chi connectivity index (χ1) is 22.7. The fourth-order valence-corrected chi connectivity index (χ4v) is 9.63. The first kappa shape index (κ1) is 30.8. The summed E-state index contributed by atoms with van der Waals surface area (Å²) in [5.74, 6) is -0.194. The first-order valence-corrected chi connectivity index (χ1v) is 17.5. The Bertz CT molecular complexity index is 1970. The van der Waals surface area contributed by atoms with Crippen molar-refractivity contribution in [3.63, 3.8) is 0 Å². The van der Waals surface area contributed by atoms with Gasteiger partial charge in [-0.25, -0.2) is 13.2 Å². The number of aromatic nitrogens is 2. The molecular formula is C34H34ClF3N6O2S. The van der Waals surface area contributed by atoms with Gasteiger partial charge in [-0.1, -0.05) is 37.4 Å². The van der Waals surface area contributed by atoms with E-state index in [1.165, 1.54) is 12.1 Å². The summed E-state index contributed by atoms with van der Waals surface area (Å²) < 4.78 is 59.5. The second-order valence-corrected chi connectivity index (χ2v) is 14.8. The number of hydrogen-bond acceptors (Lipinski definition) is 9. The molecule has 0 radical (unpaired) electrons. The zero-order chi connectivity index (χ0) is 32.6. The fourth-order valence-electron chi connectivity index (χ4n) is 8.35. The molecule has 2 aromatic carbocycles. The van der Waals surface area contributed by atoms with Crippen LogP contribution in [0.1, 0.15) is 57.4 Å². The SMILES string of the molecule is CCCCC1CC2COc3c(Cl)c(-c4ccc(F)c5sc(N)c(C#N)c45)c(F)c4nc(OC[C@@]56CCCN5C[C@H](F)C6)nc(c34)N2C1. The number of anilines is 2. The van der Waals surface area contributed by atoms with Gasteiger partial charge in [0.25, 0.3) is 0 Å². The highest BCUT2D eigenvalue weighted by atomic mass is 35.5. The molecule has 2 unspecified atom stereocenters. The Hall–Kier alpha value is -3.53. The van der Waals surface area contributed by atoms with E-state index in [-0.39, 0.29) is 66.7 Å². The maximum atomic E-state index is 17.1. The Morgan fingerprint density at radius 1 is 1.26 bits per heavy atom. The van der Waals surface area contributed by atoms with Gasteiger partial charge in [-0.2, -0.15) is 15.2 Å². The lowest BCUT2D eigenvalue weighted by Crippen LogP contribution is -2.43. The third kappa shape index (κ3) is 4.79. The van der Waals surface area contributed by atoms with Crippen LogP contribution in [0, 0.1) is 28.9 Å². The van der Waals surface area contributed by atoms with Crippen molar-refractivity contribution >= 4 is 54.7 Å². The van der Waals surface area contributed by atoms with Gasteiger partial charge in [0.1, 0.15) is 47.6 Å². The van der Waals surface area contributed by atoms with Crippen molar-refractivity contribution in [2.24, 2.45) is 5.92 Å². The molecule has 4 aliphatic rings. The predicted octanol–water partition coefficient (Wildman–Crippen LogP) is 7.63. The van der Waals surface area contributed by atoms with Crippen molar-refractivity contribution < 1.29 is 22.6 Å². The second kappa shape index (κ2) is 11.6. The maximum Gasteiger partial charge on any atom is 0.319 e. The van der Waals surface area contributed by atoms with Gasteiger partial charge in [-0.05, 0) is 49.8 Å². The van der Waals surface area contributed by atoms with Crippen LogP contribution < -0.4 is 20.1 Å². The number of nitrogens with zero attached hydrogens (tertiary/aromatic N) is 5. The zero-order valence-corrected chi connectivity index (χ0v) is 27.5. The monoisotopic (exact) mass is 682 g/mol. The number of nitriles is 1. The summed E-state index contributed by atoms with van der Waals surface area (Å²) in [5, 5.41) is 10.6. The third-order valence-corrected chi connectivity index (χ3v) is 11.9. The largest absolute Gasteiger partial charge is 0.489 e. The van der Waals surface area contributed by atoms with Crippen molar-refractivity contribution in [3.8, 4) is 29.0 Å². The van der Waals surface area contributed by atoms with Crippen LogP contribution in [0.2, 0.25) is 5.02 Å². The van der Waals surface area contributed by atoms with Crippen LogP contribution in [0.5, 0.6) is 11.8 Å². The molecule has 0 spiro atoms. The van der Waals surface area contributed by atoms with Crippen molar-refractivity contribution in [2.75, 3.05) is 43.5 Å². The molecule has 4 aliphatic heterocycles. The molecule has 47 heavy (non-hydrogen) atoms. The fraction of sp³-hybridized carbons (Fsp3) is 0.500. The number of benzene rings is 2. The summed E-state index contributed by atoms with van der Waals surface area (Å²) in [6.45, 7) is 4.57. The number of alkyl halides is 1. The van der Waals surface area contributed by atoms with E-state index in [1.54, 1.807) is 0 Å². The molecule has 0 amide bonds. The van der Waals surface area contributed by atoms with E-state index in [1.807, 2.05) is 6.07 Å². The van der Waals surface area contributed by atoms with Gasteiger partial charge in [0.05, 0.1) is 32.3 Å². The standard InChI is InChI=1S/C34H34ClF3N6O2S/c1-2-3-5-17-10-19-15-45-29-25-28(27(38)24(26(29)35)20-6-7-22(37)30-23(20)21(12-39)31(40)47-30)41-33(42-32(25)44(19)13-17)46-16-34-8-4-9-43(34)14-18(36)11-34/h6-7,17-19H,2-5,8-11,13-16,40H2,1H3/t17?,18-,19?,34+/m1/s1. The Morgan fingerprint density at radius 2 is 2.11 bits per heavy atom. The number of nitrogen functional groups attached to an aromatic ring is 1. The van der Waals surface area contributed by atoms with Gasteiger partial charge < -0.3 is 20.1 Å².